The minimum absolute atomic E-state index is 0.00802. The molecule has 0 atom stereocenters. The number of sulfonamides is 1. The van der Waals surface area contributed by atoms with Gasteiger partial charge in [0, 0.05) is 0 Å². The molecule has 20 heavy (non-hydrogen) atoms. The maximum atomic E-state index is 13.1. The fourth-order valence-corrected chi connectivity index (χ4v) is 3.69. The minimum atomic E-state index is -4.05. The van der Waals surface area contributed by atoms with E-state index in [9.17, 15) is 17.2 Å². The molecule has 0 saturated carbocycles. The van der Waals surface area contributed by atoms with Crippen LogP contribution in [0.4, 0.5) is 8.78 Å². The maximum absolute atomic E-state index is 13.1. The van der Waals surface area contributed by atoms with Crippen molar-refractivity contribution in [2.24, 2.45) is 5.73 Å². The van der Waals surface area contributed by atoms with Gasteiger partial charge < -0.3 is 5.73 Å². The zero-order valence-electron chi connectivity index (χ0n) is 11.1. The average molecular weight is 322 g/mol. The highest BCUT2D eigenvalue weighted by Crippen LogP contribution is 2.21. The lowest BCUT2D eigenvalue weighted by atomic mass is 9.94. The lowest BCUT2D eigenvalue weighted by Gasteiger charge is -2.31. The van der Waals surface area contributed by atoms with Gasteiger partial charge in [-0.05, 0) is 31.0 Å². The van der Waals surface area contributed by atoms with Crippen molar-refractivity contribution in [3.8, 4) is 0 Å². The number of hydrogen-bond donors (Lipinski definition) is 2. The molecule has 0 fully saturated rings. The first kappa shape index (κ1) is 16.9. The summed E-state index contributed by atoms with van der Waals surface area (Å²) >= 11 is 4.91. The molecule has 4 nitrogen and oxygen atoms in total. The second kappa shape index (κ2) is 6.11. The van der Waals surface area contributed by atoms with Crippen LogP contribution in [0.2, 0.25) is 0 Å². The molecule has 0 aromatic heterocycles. The molecule has 1 aromatic rings. The third-order valence-corrected chi connectivity index (χ3v) is 5.13. The Hall–Kier alpha value is -1.12. The van der Waals surface area contributed by atoms with Crippen molar-refractivity contribution in [1.29, 1.82) is 0 Å². The molecule has 0 aliphatic rings. The Morgan fingerprint density at radius 2 is 1.85 bits per heavy atom. The van der Waals surface area contributed by atoms with E-state index >= 15 is 0 Å². The van der Waals surface area contributed by atoms with Gasteiger partial charge in [-0.1, -0.05) is 26.1 Å². The van der Waals surface area contributed by atoms with Crippen LogP contribution in [0.15, 0.2) is 23.1 Å². The predicted octanol–water partition coefficient (Wildman–Crippen LogP) is 2.09. The van der Waals surface area contributed by atoms with Gasteiger partial charge in [0.25, 0.3) is 0 Å². The van der Waals surface area contributed by atoms with Gasteiger partial charge in [-0.15, -0.1) is 0 Å². The van der Waals surface area contributed by atoms with E-state index in [0.29, 0.717) is 18.9 Å². The molecule has 0 radical (unpaired) electrons. The summed E-state index contributed by atoms with van der Waals surface area (Å²) in [5.41, 5.74) is 4.52. The molecule has 0 amide bonds. The molecular weight excluding hydrogens is 306 g/mol. The third-order valence-electron chi connectivity index (χ3n) is 3.21. The number of rotatable bonds is 6. The van der Waals surface area contributed by atoms with Crippen LogP contribution < -0.4 is 10.5 Å². The van der Waals surface area contributed by atoms with Gasteiger partial charge in [0.15, 0.2) is 11.6 Å². The van der Waals surface area contributed by atoms with Gasteiger partial charge in [0.1, 0.15) is 0 Å². The van der Waals surface area contributed by atoms with Crippen molar-refractivity contribution in [3.05, 3.63) is 29.8 Å². The summed E-state index contributed by atoms with van der Waals surface area (Å²) in [4.78, 5) is -0.368. The van der Waals surface area contributed by atoms with Crippen LogP contribution in [-0.2, 0) is 10.0 Å². The lowest BCUT2D eigenvalue weighted by molar-refractivity contribution is 0.464. The second-order valence-electron chi connectivity index (χ2n) is 4.33. The average Bonchev–Trinajstić information content (AvgIpc) is 2.38. The van der Waals surface area contributed by atoms with Crippen molar-refractivity contribution >= 4 is 27.2 Å². The Morgan fingerprint density at radius 1 is 1.30 bits per heavy atom. The summed E-state index contributed by atoms with van der Waals surface area (Å²) in [5, 5.41) is 0. The molecular formula is C12H16F2N2O2S2. The van der Waals surface area contributed by atoms with E-state index in [0.717, 1.165) is 12.1 Å². The maximum Gasteiger partial charge on any atom is 0.241 e. The number of nitrogens with one attached hydrogen (secondary N) is 1. The number of thiocarbonyl (C=S) groups is 1. The van der Waals surface area contributed by atoms with Crippen molar-refractivity contribution < 1.29 is 17.2 Å². The molecule has 0 heterocycles. The van der Waals surface area contributed by atoms with Crippen LogP contribution in [-0.4, -0.2) is 18.9 Å². The molecule has 0 spiro atoms. The summed E-state index contributed by atoms with van der Waals surface area (Å²) < 4.78 is 52.8. The normalized spacial score (nSPS) is 12.4. The quantitative estimate of drug-likeness (QED) is 0.787. The summed E-state index contributed by atoms with van der Waals surface area (Å²) in [6.07, 6.45) is 0.698. The first-order chi connectivity index (χ1) is 9.18. The Morgan fingerprint density at radius 3 is 2.25 bits per heavy atom. The molecule has 0 unspecified atom stereocenters. The van der Waals surface area contributed by atoms with Crippen molar-refractivity contribution in [1.82, 2.24) is 4.72 Å². The van der Waals surface area contributed by atoms with Gasteiger partial charge in [-0.25, -0.2) is 17.2 Å². The van der Waals surface area contributed by atoms with E-state index in [1.54, 1.807) is 13.8 Å². The van der Waals surface area contributed by atoms with E-state index in [1.807, 2.05) is 0 Å². The van der Waals surface area contributed by atoms with Gasteiger partial charge >= 0.3 is 0 Å². The highest BCUT2D eigenvalue weighted by molar-refractivity contribution is 7.89. The molecule has 0 saturated heterocycles. The molecule has 0 aliphatic heterocycles. The van der Waals surface area contributed by atoms with E-state index in [4.69, 9.17) is 18.0 Å². The zero-order valence-corrected chi connectivity index (χ0v) is 12.7. The largest absolute Gasteiger partial charge is 0.392 e. The number of nitrogens with two attached hydrogens (primary N) is 1. The molecule has 1 aromatic carbocycles. The molecule has 1 rings (SSSR count). The summed E-state index contributed by atoms with van der Waals surface area (Å²) in [7, 11) is -4.05. The molecule has 3 N–H and O–H groups in total. The predicted molar refractivity (Wildman–Crippen MR) is 76.8 cm³/mol. The smallest absolute Gasteiger partial charge is 0.241 e. The SMILES string of the molecule is CCC(CC)(NS(=O)(=O)c1ccc(F)c(F)c1)C(N)=S. The van der Waals surface area contributed by atoms with Gasteiger partial charge in [-0.2, -0.15) is 4.72 Å². The fraction of sp³-hybridized carbons (Fsp3) is 0.417. The van der Waals surface area contributed by atoms with E-state index in [1.165, 1.54) is 0 Å². The van der Waals surface area contributed by atoms with Crippen LogP contribution in [0.3, 0.4) is 0 Å². The van der Waals surface area contributed by atoms with Crippen LogP contribution >= 0.6 is 12.2 Å². The Bertz CT molecular complexity index is 614. The summed E-state index contributed by atoms with van der Waals surface area (Å²) in [5.74, 6) is -2.35. The monoisotopic (exact) mass is 322 g/mol. The molecule has 112 valence electrons. The van der Waals surface area contributed by atoms with Crippen LogP contribution in [0.1, 0.15) is 26.7 Å². The molecule has 0 bridgehead atoms. The zero-order chi connectivity index (χ0) is 15.6. The Kier molecular flexibility index (Phi) is 5.17. The standard InChI is InChI=1S/C12H16F2N2O2S2/c1-3-12(4-2,11(15)19)16-20(17,18)8-5-6-9(13)10(14)7-8/h5-7,16H,3-4H2,1-2H3,(H2,15,19). The minimum Gasteiger partial charge on any atom is -0.392 e. The van der Waals surface area contributed by atoms with Crippen molar-refractivity contribution in [2.75, 3.05) is 0 Å². The van der Waals surface area contributed by atoms with Crippen LogP contribution in [0.5, 0.6) is 0 Å². The number of hydrogen-bond acceptors (Lipinski definition) is 3. The number of halogens is 2. The highest BCUT2D eigenvalue weighted by Gasteiger charge is 2.35. The third kappa shape index (κ3) is 3.31. The summed E-state index contributed by atoms with van der Waals surface area (Å²) in [6, 6.07) is 2.36. The van der Waals surface area contributed by atoms with Crippen molar-refractivity contribution in [2.45, 2.75) is 37.1 Å². The van der Waals surface area contributed by atoms with Crippen LogP contribution in [0.25, 0.3) is 0 Å². The topological polar surface area (TPSA) is 72.2 Å². The second-order valence-corrected chi connectivity index (χ2v) is 6.46. The molecule has 0 aliphatic carbocycles. The summed E-state index contributed by atoms with van der Waals surface area (Å²) in [6.45, 7) is 3.47. The Balaban J connectivity index is 3.23. The highest BCUT2D eigenvalue weighted by atomic mass is 32.2. The fourth-order valence-electron chi connectivity index (χ4n) is 1.75. The molecule has 8 heteroatoms. The first-order valence-electron chi connectivity index (χ1n) is 5.97. The lowest BCUT2D eigenvalue weighted by Crippen LogP contribution is -2.55. The Labute approximate surface area is 122 Å². The van der Waals surface area contributed by atoms with Gasteiger partial charge in [0.05, 0.1) is 15.4 Å². The van der Waals surface area contributed by atoms with E-state index in [2.05, 4.69) is 4.72 Å². The number of benzene rings is 1. The van der Waals surface area contributed by atoms with E-state index in [-0.39, 0.29) is 9.88 Å². The van der Waals surface area contributed by atoms with Crippen molar-refractivity contribution in [3.63, 3.8) is 0 Å². The van der Waals surface area contributed by atoms with Crippen LogP contribution in [0, 0.1) is 11.6 Å². The first-order valence-corrected chi connectivity index (χ1v) is 7.86. The van der Waals surface area contributed by atoms with Gasteiger partial charge in [-0.3, -0.25) is 0 Å². The van der Waals surface area contributed by atoms with E-state index < -0.39 is 27.2 Å². The van der Waals surface area contributed by atoms with Gasteiger partial charge in [0.2, 0.25) is 10.0 Å².